The Morgan fingerprint density at radius 1 is 1.22 bits per heavy atom. The number of hydrogen-bond donors (Lipinski definition) is 0. The Hall–Kier alpha value is -0.890. The number of fused-ring (bicyclic) bond motifs is 1. The molecule has 0 aliphatic rings. The number of hydrogen-bond acceptors (Lipinski definition) is 2. The minimum atomic E-state index is 0.704. The molecule has 0 radical (unpaired) electrons. The minimum absolute atomic E-state index is 0.704. The van der Waals surface area contributed by atoms with Crippen molar-refractivity contribution in [1.29, 1.82) is 0 Å². The summed E-state index contributed by atoms with van der Waals surface area (Å²) in [5, 5.41) is 0. The largest absolute Gasteiger partial charge is 0.245 e. The van der Waals surface area contributed by atoms with Gasteiger partial charge in [0.05, 0.1) is 15.7 Å². The lowest BCUT2D eigenvalue weighted by Crippen LogP contribution is -1.99. The van der Waals surface area contributed by atoms with Crippen LogP contribution in [0.1, 0.15) is 57.9 Å². The average Bonchev–Trinajstić information content (AvgIpc) is 2.81. The maximum Gasteiger partial charge on any atom is 0.0814 e. The monoisotopic (exact) mass is 261 g/mol. The fraction of sp³-hybridized carbons (Fsp3) is 0.562. The quantitative estimate of drug-likeness (QED) is 0.658. The lowest BCUT2D eigenvalue weighted by Gasteiger charge is -2.16. The Balaban J connectivity index is 2.06. The highest BCUT2D eigenvalue weighted by Gasteiger charge is 2.10. The second-order valence-electron chi connectivity index (χ2n) is 5.51. The van der Waals surface area contributed by atoms with Gasteiger partial charge in [0.15, 0.2) is 0 Å². The van der Waals surface area contributed by atoms with Gasteiger partial charge in [-0.1, -0.05) is 39.7 Å². The molecule has 18 heavy (non-hydrogen) atoms. The smallest absolute Gasteiger partial charge is 0.0814 e. The molecule has 1 atom stereocenters. The summed E-state index contributed by atoms with van der Waals surface area (Å²) in [5.41, 5.74) is 4.58. The highest BCUT2D eigenvalue weighted by atomic mass is 32.1. The molecule has 2 aromatic rings. The molecule has 0 bridgehead atoms. The Morgan fingerprint density at radius 2 is 2.06 bits per heavy atom. The van der Waals surface area contributed by atoms with Gasteiger partial charge in [0.1, 0.15) is 0 Å². The van der Waals surface area contributed by atoms with Crippen molar-refractivity contribution in [3.8, 4) is 0 Å². The molecule has 0 aliphatic heterocycles. The third-order valence-electron chi connectivity index (χ3n) is 3.65. The van der Waals surface area contributed by atoms with Crippen LogP contribution < -0.4 is 0 Å². The second kappa shape index (κ2) is 6.33. The molecule has 0 spiro atoms. The Bertz CT molecular complexity index is 487. The lowest BCUT2D eigenvalue weighted by atomic mass is 9.90. The van der Waals surface area contributed by atoms with Gasteiger partial charge in [0.2, 0.25) is 0 Å². The molecule has 1 aromatic heterocycles. The molecule has 0 unspecified atom stereocenters. The van der Waals surface area contributed by atoms with E-state index in [-0.39, 0.29) is 0 Å². The van der Waals surface area contributed by atoms with Crippen molar-refractivity contribution in [3.05, 3.63) is 29.3 Å². The van der Waals surface area contributed by atoms with Gasteiger partial charge in [-0.05, 0) is 42.4 Å². The van der Waals surface area contributed by atoms with Crippen LogP contribution in [-0.2, 0) is 0 Å². The van der Waals surface area contributed by atoms with E-state index in [9.17, 15) is 0 Å². The summed E-state index contributed by atoms with van der Waals surface area (Å²) in [4.78, 5) is 4.42. The minimum Gasteiger partial charge on any atom is -0.245 e. The zero-order valence-corrected chi connectivity index (χ0v) is 12.5. The maximum absolute atomic E-state index is 4.42. The van der Waals surface area contributed by atoms with Gasteiger partial charge in [-0.2, -0.15) is 0 Å². The van der Waals surface area contributed by atoms with Crippen molar-refractivity contribution >= 4 is 21.6 Å². The molecule has 2 rings (SSSR count). The SMILES string of the molecule is CC[C@@H](CCCC(C)C)c1ccc2scnc2c1. The van der Waals surface area contributed by atoms with Crippen LogP contribution in [-0.4, -0.2) is 4.98 Å². The summed E-state index contributed by atoms with van der Waals surface area (Å²) in [7, 11) is 0. The summed E-state index contributed by atoms with van der Waals surface area (Å²) in [6.45, 7) is 6.91. The molecule has 0 saturated heterocycles. The van der Waals surface area contributed by atoms with Crippen LogP contribution in [0.3, 0.4) is 0 Å². The Morgan fingerprint density at radius 3 is 2.78 bits per heavy atom. The second-order valence-corrected chi connectivity index (χ2v) is 6.40. The normalized spacial score (nSPS) is 13.3. The van der Waals surface area contributed by atoms with E-state index in [1.54, 1.807) is 11.3 Å². The van der Waals surface area contributed by atoms with E-state index in [1.807, 2.05) is 5.51 Å². The van der Waals surface area contributed by atoms with E-state index in [4.69, 9.17) is 0 Å². The first-order valence-corrected chi connectivity index (χ1v) is 7.91. The van der Waals surface area contributed by atoms with Crippen LogP contribution in [0, 0.1) is 5.92 Å². The van der Waals surface area contributed by atoms with Gasteiger partial charge in [0.25, 0.3) is 0 Å². The van der Waals surface area contributed by atoms with Crippen LogP contribution in [0.25, 0.3) is 10.2 Å². The standard InChI is InChI=1S/C16H23NS/c1-4-13(7-5-6-12(2)3)14-8-9-16-15(10-14)17-11-18-16/h8-13H,4-7H2,1-3H3/t13-/m0/s1. The highest BCUT2D eigenvalue weighted by Crippen LogP contribution is 2.29. The summed E-state index contributed by atoms with van der Waals surface area (Å²) in [6.07, 6.45) is 5.22. The van der Waals surface area contributed by atoms with Crippen LogP contribution in [0.2, 0.25) is 0 Å². The number of aromatic nitrogens is 1. The molecular formula is C16H23NS. The fourth-order valence-corrected chi connectivity index (χ4v) is 3.17. The van der Waals surface area contributed by atoms with Crippen molar-refractivity contribution in [3.63, 3.8) is 0 Å². The van der Waals surface area contributed by atoms with E-state index >= 15 is 0 Å². The molecule has 0 amide bonds. The number of nitrogens with zero attached hydrogens (tertiary/aromatic N) is 1. The zero-order chi connectivity index (χ0) is 13.0. The van der Waals surface area contributed by atoms with Crippen LogP contribution >= 0.6 is 11.3 Å². The molecule has 2 heteroatoms. The molecule has 98 valence electrons. The third-order valence-corrected chi connectivity index (χ3v) is 4.46. The molecule has 1 nitrogen and oxygen atoms in total. The van der Waals surface area contributed by atoms with Gasteiger partial charge >= 0.3 is 0 Å². The zero-order valence-electron chi connectivity index (χ0n) is 11.6. The van der Waals surface area contributed by atoms with Gasteiger partial charge in [0, 0.05) is 0 Å². The number of benzene rings is 1. The van der Waals surface area contributed by atoms with Gasteiger partial charge < -0.3 is 0 Å². The van der Waals surface area contributed by atoms with Crippen molar-refractivity contribution in [2.24, 2.45) is 5.92 Å². The van der Waals surface area contributed by atoms with Gasteiger partial charge in [-0.3, -0.25) is 0 Å². The average molecular weight is 261 g/mol. The van der Waals surface area contributed by atoms with E-state index in [0.717, 1.165) is 5.92 Å². The maximum atomic E-state index is 4.42. The molecule has 0 saturated carbocycles. The molecular weight excluding hydrogens is 238 g/mol. The third kappa shape index (κ3) is 3.32. The molecule has 0 fully saturated rings. The summed E-state index contributed by atoms with van der Waals surface area (Å²) in [6, 6.07) is 6.81. The Kier molecular flexibility index (Phi) is 4.76. The van der Waals surface area contributed by atoms with Crippen LogP contribution in [0.4, 0.5) is 0 Å². The molecule has 0 aliphatic carbocycles. The van der Waals surface area contributed by atoms with E-state index in [0.29, 0.717) is 5.92 Å². The van der Waals surface area contributed by atoms with Crippen LogP contribution in [0.5, 0.6) is 0 Å². The lowest BCUT2D eigenvalue weighted by molar-refractivity contribution is 0.493. The summed E-state index contributed by atoms with van der Waals surface area (Å²) >= 11 is 1.73. The summed E-state index contributed by atoms with van der Waals surface area (Å²) in [5.74, 6) is 1.53. The molecule has 0 N–H and O–H groups in total. The van der Waals surface area contributed by atoms with E-state index < -0.39 is 0 Å². The van der Waals surface area contributed by atoms with Crippen LogP contribution in [0.15, 0.2) is 23.7 Å². The van der Waals surface area contributed by atoms with Crippen molar-refractivity contribution < 1.29 is 0 Å². The number of thiazole rings is 1. The predicted octanol–water partition coefficient (Wildman–Crippen LogP) is 5.62. The molecule has 1 aromatic carbocycles. The Labute approximate surface area is 114 Å². The van der Waals surface area contributed by atoms with Crippen molar-refractivity contribution in [2.45, 2.75) is 52.4 Å². The first-order valence-electron chi connectivity index (χ1n) is 7.03. The first-order chi connectivity index (χ1) is 8.70. The first kappa shape index (κ1) is 13.5. The van der Waals surface area contributed by atoms with Crippen molar-refractivity contribution in [1.82, 2.24) is 4.98 Å². The van der Waals surface area contributed by atoms with Gasteiger partial charge in [-0.15, -0.1) is 11.3 Å². The fourth-order valence-electron chi connectivity index (χ4n) is 2.51. The predicted molar refractivity (Wildman–Crippen MR) is 81.3 cm³/mol. The van der Waals surface area contributed by atoms with E-state index in [2.05, 4.69) is 44.0 Å². The van der Waals surface area contributed by atoms with Gasteiger partial charge in [-0.25, -0.2) is 4.98 Å². The van der Waals surface area contributed by atoms with E-state index in [1.165, 1.54) is 41.5 Å². The summed E-state index contributed by atoms with van der Waals surface area (Å²) < 4.78 is 1.30. The molecule has 1 heterocycles. The van der Waals surface area contributed by atoms with Crippen molar-refractivity contribution in [2.75, 3.05) is 0 Å². The number of rotatable bonds is 6. The highest BCUT2D eigenvalue weighted by molar-refractivity contribution is 7.16. The topological polar surface area (TPSA) is 12.9 Å².